The molecule has 0 saturated carbocycles. The first-order chi connectivity index (χ1) is 9.00. The number of aromatic nitrogens is 1. The Kier molecular flexibility index (Phi) is 3.90. The number of hydrogen-bond acceptors (Lipinski definition) is 4. The van der Waals surface area contributed by atoms with Crippen LogP contribution in [0.15, 0.2) is 30.3 Å². The van der Waals surface area contributed by atoms with E-state index in [1.54, 1.807) is 0 Å². The minimum atomic E-state index is -0.702. The number of nitrogens with one attached hydrogen (secondary N) is 1. The number of nitrogens with zero attached hydrogens (tertiary/aromatic N) is 1. The first-order valence-electron chi connectivity index (χ1n) is 6.63. The van der Waals surface area contributed by atoms with Gasteiger partial charge in [0.25, 0.3) is 0 Å². The average Bonchev–Trinajstić information content (AvgIpc) is 2.36. The highest BCUT2D eigenvalue weighted by atomic mass is 16.3. The second-order valence-corrected chi connectivity index (χ2v) is 5.25. The van der Waals surface area contributed by atoms with E-state index >= 15 is 0 Å². The minimum absolute atomic E-state index is 0.494. The first kappa shape index (κ1) is 13.6. The van der Waals surface area contributed by atoms with E-state index in [9.17, 15) is 5.11 Å². The van der Waals surface area contributed by atoms with Gasteiger partial charge in [-0.25, -0.2) is 4.98 Å². The lowest BCUT2D eigenvalue weighted by molar-refractivity contribution is 0.0636. The van der Waals surface area contributed by atoms with Gasteiger partial charge in [0.2, 0.25) is 0 Å². The molecule has 0 aliphatic heterocycles. The fraction of sp³-hybridized carbons (Fsp3) is 0.400. The molecule has 2 rings (SSSR count). The van der Waals surface area contributed by atoms with Crippen molar-refractivity contribution in [3.63, 3.8) is 0 Å². The number of fused-ring (bicyclic) bond motifs is 1. The number of nitrogen functional groups attached to an aromatic ring is 1. The molecule has 0 fully saturated rings. The van der Waals surface area contributed by atoms with Gasteiger partial charge in [-0.15, -0.1) is 0 Å². The zero-order chi connectivity index (χ0) is 13.9. The van der Waals surface area contributed by atoms with E-state index in [0.29, 0.717) is 6.54 Å². The lowest BCUT2D eigenvalue weighted by Gasteiger charge is -2.23. The monoisotopic (exact) mass is 259 g/mol. The third-order valence-electron chi connectivity index (χ3n) is 3.15. The fourth-order valence-corrected chi connectivity index (χ4v) is 2.15. The lowest BCUT2D eigenvalue weighted by atomic mass is 10.0. The Morgan fingerprint density at radius 3 is 2.84 bits per heavy atom. The van der Waals surface area contributed by atoms with Gasteiger partial charge in [-0.2, -0.15) is 0 Å². The Morgan fingerprint density at radius 2 is 2.11 bits per heavy atom. The van der Waals surface area contributed by atoms with Crippen molar-refractivity contribution in [2.75, 3.05) is 17.6 Å². The van der Waals surface area contributed by atoms with Crippen molar-refractivity contribution in [3.05, 3.63) is 30.3 Å². The van der Waals surface area contributed by atoms with Gasteiger partial charge >= 0.3 is 0 Å². The van der Waals surface area contributed by atoms with Crippen molar-refractivity contribution < 1.29 is 5.11 Å². The summed E-state index contributed by atoms with van der Waals surface area (Å²) in [6, 6.07) is 9.53. The van der Waals surface area contributed by atoms with Gasteiger partial charge in [-0.1, -0.05) is 13.3 Å². The molecule has 0 bridgehead atoms. The molecule has 102 valence electrons. The number of aliphatic hydroxyl groups is 1. The van der Waals surface area contributed by atoms with Gasteiger partial charge in [0.1, 0.15) is 5.82 Å². The number of hydrogen-bond donors (Lipinski definition) is 3. The summed E-state index contributed by atoms with van der Waals surface area (Å²) < 4.78 is 0. The number of nitrogens with two attached hydrogens (primary N) is 1. The fourth-order valence-electron chi connectivity index (χ4n) is 2.15. The molecule has 0 spiro atoms. The number of benzene rings is 1. The van der Waals surface area contributed by atoms with Crippen molar-refractivity contribution in [1.82, 2.24) is 4.98 Å². The summed E-state index contributed by atoms with van der Waals surface area (Å²) >= 11 is 0. The van der Waals surface area contributed by atoms with Crippen LogP contribution in [0.4, 0.5) is 11.5 Å². The summed E-state index contributed by atoms with van der Waals surface area (Å²) in [5, 5.41) is 14.3. The molecule has 4 N–H and O–H groups in total. The average molecular weight is 259 g/mol. The number of anilines is 2. The molecule has 2 aromatic rings. The molecule has 1 aromatic heterocycles. The Balaban J connectivity index is 2.11. The van der Waals surface area contributed by atoms with Crippen molar-refractivity contribution in [3.8, 4) is 0 Å². The standard InChI is InChI=1S/C15H21N3O/c1-3-8-15(2,19)10-17-14-7-4-11-9-12(16)5-6-13(11)18-14/h4-7,9,19H,3,8,10,16H2,1-2H3,(H,17,18). The van der Waals surface area contributed by atoms with Crippen LogP contribution in [0.3, 0.4) is 0 Å². The van der Waals surface area contributed by atoms with Gasteiger partial charge in [0, 0.05) is 17.6 Å². The third kappa shape index (κ3) is 3.58. The molecule has 1 atom stereocenters. The molecule has 19 heavy (non-hydrogen) atoms. The molecule has 0 aliphatic rings. The van der Waals surface area contributed by atoms with E-state index in [0.717, 1.165) is 35.2 Å². The van der Waals surface area contributed by atoms with Crippen molar-refractivity contribution in [2.24, 2.45) is 0 Å². The van der Waals surface area contributed by atoms with Crippen LogP contribution in [0, 0.1) is 0 Å². The molecular formula is C15H21N3O. The zero-order valence-electron chi connectivity index (χ0n) is 11.5. The first-order valence-corrected chi connectivity index (χ1v) is 6.63. The molecule has 0 amide bonds. The van der Waals surface area contributed by atoms with Crippen molar-refractivity contribution in [2.45, 2.75) is 32.3 Å². The van der Waals surface area contributed by atoms with Crippen LogP contribution in [-0.2, 0) is 0 Å². The van der Waals surface area contributed by atoms with Gasteiger partial charge in [-0.05, 0) is 43.7 Å². The van der Waals surface area contributed by atoms with Crippen LogP contribution < -0.4 is 11.1 Å². The third-order valence-corrected chi connectivity index (χ3v) is 3.15. The molecule has 1 aromatic carbocycles. The van der Waals surface area contributed by atoms with Crippen LogP contribution in [0.5, 0.6) is 0 Å². The SMILES string of the molecule is CCCC(C)(O)CNc1ccc2cc(N)ccc2n1. The number of rotatable bonds is 5. The Labute approximate surface area is 113 Å². The normalized spacial score (nSPS) is 14.3. The summed E-state index contributed by atoms with van der Waals surface area (Å²) in [4.78, 5) is 4.50. The summed E-state index contributed by atoms with van der Waals surface area (Å²) in [7, 11) is 0. The maximum absolute atomic E-state index is 10.1. The quantitative estimate of drug-likeness (QED) is 0.722. The second kappa shape index (κ2) is 5.45. The summed E-state index contributed by atoms with van der Waals surface area (Å²) in [5.41, 5.74) is 6.67. The highest BCUT2D eigenvalue weighted by molar-refractivity contribution is 5.83. The predicted molar refractivity (Wildman–Crippen MR) is 80.2 cm³/mol. The number of pyridine rings is 1. The molecule has 1 unspecified atom stereocenters. The van der Waals surface area contributed by atoms with Crippen LogP contribution >= 0.6 is 0 Å². The molecule has 4 heteroatoms. The Hall–Kier alpha value is -1.81. The highest BCUT2D eigenvalue weighted by Gasteiger charge is 2.18. The highest BCUT2D eigenvalue weighted by Crippen LogP contribution is 2.19. The molecule has 1 heterocycles. The summed E-state index contributed by atoms with van der Waals surface area (Å²) in [6.07, 6.45) is 1.73. The van der Waals surface area contributed by atoms with E-state index in [4.69, 9.17) is 5.73 Å². The summed E-state index contributed by atoms with van der Waals surface area (Å²) in [6.45, 7) is 4.40. The largest absolute Gasteiger partial charge is 0.399 e. The van der Waals surface area contributed by atoms with E-state index in [-0.39, 0.29) is 0 Å². The van der Waals surface area contributed by atoms with Gasteiger partial charge < -0.3 is 16.2 Å². The maximum atomic E-state index is 10.1. The predicted octanol–water partition coefficient (Wildman–Crippen LogP) is 2.78. The van der Waals surface area contributed by atoms with E-state index < -0.39 is 5.60 Å². The Bertz CT molecular complexity index is 566. The maximum Gasteiger partial charge on any atom is 0.126 e. The van der Waals surface area contributed by atoms with Crippen molar-refractivity contribution in [1.29, 1.82) is 0 Å². The smallest absolute Gasteiger partial charge is 0.126 e. The second-order valence-electron chi connectivity index (χ2n) is 5.25. The minimum Gasteiger partial charge on any atom is -0.399 e. The molecule has 0 radical (unpaired) electrons. The van der Waals surface area contributed by atoms with E-state index in [1.807, 2.05) is 37.3 Å². The van der Waals surface area contributed by atoms with Crippen LogP contribution in [0.2, 0.25) is 0 Å². The van der Waals surface area contributed by atoms with Crippen LogP contribution in [0.1, 0.15) is 26.7 Å². The van der Waals surface area contributed by atoms with E-state index in [1.165, 1.54) is 0 Å². The van der Waals surface area contributed by atoms with Crippen molar-refractivity contribution >= 4 is 22.4 Å². The van der Waals surface area contributed by atoms with E-state index in [2.05, 4.69) is 17.2 Å². The van der Waals surface area contributed by atoms with Crippen LogP contribution in [-0.4, -0.2) is 22.2 Å². The topological polar surface area (TPSA) is 71.2 Å². The summed E-state index contributed by atoms with van der Waals surface area (Å²) in [5.74, 6) is 0.772. The lowest BCUT2D eigenvalue weighted by Crippen LogP contribution is -2.33. The molecule has 0 aliphatic carbocycles. The zero-order valence-corrected chi connectivity index (χ0v) is 11.5. The Morgan fingerprint density at radius 1 is 1.32 bits per heavy atom. The molecular weight excluding hydrogens is 238 g/mol. The van der Waals surface area contributed by atoms with Gasteiger partial charge in [-0.3, -0.25) is 0 Å². The molecule has 4 nitrogen and oxygen atoms in total. The van der Waals surface area contributed by atoms with Gasteiger partial charge in [0.05, 0.1) is 11.1 Å². The van der Waals surface area contributed by atoms with Crippen LogP contribution in [0.25, 0.3) is 10.9 Å². The van der Waals surface area contributed by atoms with Gasteiger partial charge in [0.15, 0.2) is 0 Å². The molecule has 0 saturated heterocycles.